The van der Waals surface area contributed by atoms with Crippen molar-refractivity contribution in [3.05, 3.63) is 45.6 Å². The minimum Gasteiger partial charge on any atom is -0.459 e. The molecule has 0 aliphatic carbocycles. The van der Waals surface area contributed by atoms with Gasteiger partial charge in [0, 0.05) is 10.0 Å². The number of rotatable bonds is 4. The molecule has 1 N–H and O–H groups in total. The van der Waals surface area contributed by atoms with E-state index in [1.54, 1.807) is 0 Å². The Hall–Kier alpha value is -0.770. The number of nitrogens with one attached hydrogen (secondary N) is 1. The lowest BCUT2D eigenvalue weighted by molar-refractivity contribution is 0.445. The molecule has 2 aromatic rings. The summed E-state index contributed by atoms with van der Waals surface area (Å²) < 4.78 is 6.80. The first kappa shape index (κ1) is 13.7. The summed E-state index contributed by atoms with van der Waals surface area (Å²) in [6.45, 7) is 5.07. The van der Waals surface area contributed by atoms with E-state index >= 15 is 0 Å². The zero-order valence-electron chi connectivity index (χ0n) is 10.3. The maximum absolute atomic E-state index is 6.21. The van der Waals surface area contributed by atoms with Gasteiger partial charge in [0.05, 0.1) is 11.1 Å². The summed E-state index contributed by atoms with van der Waals surface area (Å²) in [7, 11) is 0. The van der Waals surface area contributed by atoms with Gasteiger partial charge in [-0.3, -0.25) is 0 Å². The van der Waals surface area contributed by atoms with Gasteiger partial charge in [0.25, 0.3) is 0 Å². The van der Waals surface area contributed by atoms with Crippen LogP contribution in [0.4, 0.5) is 0 Å². The zero-order chi connectivity index (χ0) is 13.1. The summed E-state index contributed by atoms with van der Waals surface area (Å²) in [4.78, 5) is 0. The van der Waals surface area contributed by atoms with Gasteiger partial charge in [0.2, 0.25) is 0 Å². The second-order valence-corrected chi connectivity index (χ2v) is 5.43. The molecule has 2 nitrogen and oxygen atoms in total. The fourth-order valence-corrected chi connectivity index (χ4v) is 2.59. The first-order valence-electron chi connectivity index (χ1n) is 5.90. The number of halogens is 2. The second kappa shape index (κ2) is 5.91. The Morgan fingerprint density at radius 2 is 2.11 bits per heavy atom. The van der Waals surface area contributed by atoms with Crippen LogP contribution in [0.3, 0.4) is 0 Å². The lowest BCUT2D eigenvalue weighted by Crippen LogP contribution is -2.16. The standard InChI is InChI=1S/C14H15BrClNO/c1-3-17-9(2)13-6-7-14(18-13)11-5-4-10(15)8-12(11)16/h4-9,17H,3H2,1-2H3. The molecule has 1 unspecified atom stereocenters. The highest BCUT2D eigenvalue weighted by Crippen LogP contribution is 2.32. The summed E-state index contributed by atoms with van der Waals surface area (Å²) in [5.41, 5.74) is 0.912. The molecule has 1 aromatic carbocycles. The lowest BCUT2D eigenvalue weighted by atomic mass is 10.2. The number of furan rings is 1. The van der Waals surface area contributed by atoms with Gasteiger partial charge in [0.15, 0.2) is 0 Å². The van der Waals surface area contributed by atoms with E-state index in [-0.39, 0.29) is 6.04 Å². The molecule has 0 bridgehead atoms. The largest absolute Gasteiger partial charge is 0.459 e. The van der Waals surface area contributed by atoms with Gasteiger partial charge in [-0.05, 0) is 43.8 Å². The van der Waals surface area contributed by atoms with E-state index in [0.29, 0.717) is 5.02 Å². The summed E-state index contributed by atoms with van der Waals surface area (Å²) in [6.07, 6.45) is 0. The van der Waals surface area contributed by atoms with E-state index in [4.69, 9.17) is 16.0 Å². The lowest BCUT2D eigenvalue weighted by Gasteiger charge is -2.08. The molecule has 96 valence electrons. The molecule has 1 aromatic heterocycles. The first-order valence-corrected chi connectivity index (χ1v) is 7.07. The molecule has 1 atom stereocenters. The molecule has 4 heteroatoms. The Bertz CT molecular complexity index is 538. The minimum absolute atomic E-state index is 0.206. The molecule has 0 radical (unpaired) electrons. The third kappa shape index (κ3) is 2.97. The molecule has 0 aliphatic rings. The van der Waals surface area contributed by atoms with Crippen LogP contribution in [-0.2, 0) is 0 Å². The normalized spacial score (nSPS) is 12.7. The smallest absolute Gasteiger partial charge is 0.135 e. The van der Waals surface area contributed by atoms with Crippen LogP contribution in [0.25, 0.3) is 11.3 Å². The van der Waals surface area contributed by atoms with Crippen molar-refractivity contribution >= 4 is 27.5 Å². The highest BCUT2D eigenvalue weighted by Gasteiger charge is 2.12. The maximum atomic E-state index is 6.21. The quantitative estimate of drug-likeness (QED) is 0.851. The van der Waals surface area contributed by atoms with Gasteiger partial charge < -0.3 is 9.73 Å². The molecule has 2 rings (SSSR count). The average molecular weight is 329 g/mol. The number of benzene rings is 1. The SMILES string of the molecule is CCNC(C)c1ccc(-c2ccc(Br)cc2Cl)o1. The Kier molecular flexibility index (Phi) is 4.49. The van der Waals surface area contributed by atoms with Crippen LogP contribution in [0.1, 0.15) is 25.6 Å². The van der Waals surface area contributed by atoms with Crippen molar-refractivity contribution in [2.75, 3.05) is 6.54 Å². The van der Waals surface area contributed by atoms with E-state index in [1.165, 1.54) is 0 Å². The Morgan fingerprint density at radius 3 is 2.78 bits per heavy atom. The first-order chi connectivity index (χ1) is 8.61. The predicted octanol–water partition coefficient (Wildman–Crippen LogP) is 5.03. The van der Waals surface area contributed by atoms with Crippen LogP contribution in [0.2, 0.25) is 5.02 Å². The van der Waals surface area contributed by atoms with E-state index in [2.05, 4.69) is 35.1 Å². The number of hydrogen-bond donors (Lipinski definition) is 1. The third-order valence-corrected chi connectivity index (χ3v) is 3.57. The second-order valence-electron chi connectivity index (χ2n) is 4.11. The molecule has 1 heterocycles. The van der Waals surface area contributed by atoms with Gasteiger partial charge >= 0.3 is 0 Å². The number of hydrogen-bond acceptors (Lipinski definition) is 2. The van der Waals surface area contributed by atoms with Crippen LogP contribution in [0, 0.1) is 0 Å². The molecular weight excluding hydrogens is 314 g/mol. The monoisotopic (exact) mass is 327 g/mol. The summed E-state index contributed by atoms with van der Waals surface area (Å²) in [5, 5.41) is 4.00. The summed E-state index contributed by atoms with van der Waals surface area (Å²) >= 11 is 9.60. The van der Waals surface area contributed by atoms with Crippen molar-refractivity contribution in [1.29, 1.82) is 0 Å². The Morgan fingerprint density at radius 1 is 1.33 bits per heavy atom. The molecule has 0 aliphatic heterocycles. The molecule has 18 heavy (non-hydrogen) atoms. The van der Waals surface area contributed by atoms with Crippen molar-refractivity contribution in [3.63, 3.8) is 0 Å². The molecule has 0 saturated carbocycles. The van der Waals surface area contributed by atoms with Crippen molar-refractivity contribution < 1.29 is 4.42 Å². The van der Waals surface area contributed by atoms with Crippen LogP contribution in [-0.4, -0.2) is 6.54 Å². The van der Waals surface area contributed by atoms with E-state index in [9.17, 15) is 0 Å². The van der Waals surface area contributed by atoms with Gasteiger partial charge in [-0.25, -0.2) is 0 Å². The van der Waals surface area contributed by atoms with E-state index < -0.39 is 0 Å². The molecule has 0 saturated heterocycles. The van der Waals surface area contributed by atoms with E-state index in [1.807, 2.05) is 30.3 Å². The fraction of sp³-hybridized carbons (Fsp3) is 0.286. The average Bonchev–Trinajstić information content (AvgIpc) is 2.78. The highest BCUT2D eigenvalue weighted by atomic mass is 79.9. The molecule has 0 amide bonds. The van der Waals surface area contributed by atoms with Gasteiger partial charge in [0.1, 0.15) is 11.5 Å². The zero-order valence-corrected chi connectivity index (χ0v) is 12.7. The fourth-order valence-electron chi connectivity index (χ4n) is 1.83. The Balaban J connectivity index is 2.29. The summed E-state index contributed by atoms with van der Waals surface area (Å²) in [6, 6.07) is 9.92. The van der Waals surface area contributed by atoms with Crippen LogP contribution >= 0.6 is 27.5 Å². The molecular formula is C14H15BrClNO. The van der Waals surface area contributed by atoms with Crippen molar-refractivity contribution in [1.82, 2.24) is 5.32 Å². The van der Waals surface area contributed by atoms with Crippen molar-refractivity contribution in [2.24, 2.45) is 0 Å². The highest BCUT2D eigenvalue weighted by molar-refractivity contribution is 9.10. The topological polar surface area (TPSA) is 25.2 Å². The molecule has 0 fully saturated rings. The minimum atomic E-state index is 0.206. The third-order valence-electron chi connectivity index (χ3n) is 2.76. The van der Waals surface area contributed by atoms with Crippen LogP contribution < -0.4 is 5.32 Å². The summed E-state index contributed by atoms with van der Waals surface area (Å²) in [5.74, 6) is 1.72. The van der Waals surface area contributed by atoms with Crippen molar-refractivity contribution in [3.8, 4) is 11.3 Å². The van der Waals surface area contributed by atoms with Crippen LogP contribution in [0.15, 0.2) is 39.2 Å². The van der Waals surface area contributed by atoms with Gasteiger partial charge in [-0.2, -0.15) is 0 Å². The van der Waals surface area contributed by atoms with Gasteiger partial charge in [-0.1, -0.05) is 34.5 Å². The maximum Gasteiger partial charge on any atom is 0.135 e. The molecule has 0 spiro atoms. The van der Waals surface area contributed by atoms with Crippen molar-refractivity contribution in [2.45, 2.75) is 19.9 Å². The van der Waals surface area contributed by atoms with Crippen LogP contribution in [0.5, 0.6) is 0 Å². The predicted molar refractivity (Wildman–Crippen MR) is 78.9 cm³/mol. The van der Waals surface area contributed by atoms with E-state index in [0.717, 1.165) is 28.1 Å². The van der Waals surface area contributed by atoms with Gasteiger partial charge in [-0.15, -0.1) is 0 Å². The Labute approximate surface area is 120 Å².